The Hall–Kier alpha value is -2.09. The zero-order valence-electron chi connectivity index (χ0n) is 18.7. The third kappa shape index (κ3) is 4.89. The lowest BCUT2D eigenvalue weighted by atomic mass is 10.0. The van der Waals surface area contributed by atoms with E-state index in [1.807, 2.05) is 40.7 Å². The molecular weight excluding hydrogens is 436 g/mol. The molecule has 0 bridgehead atoms. The van der Waals surface area contributed by atoms with Crippen molar-refractivity contribution in [2.24, 2.45) is 0 Å². The fourth-order valence-electron chi connectivity index (χ4n) is 3.82. The van der Waals surface area contributed by atoms with Gasteiger partial charge in [0.25, 0.3) is 5.91 Å². The Morgan fingerprint density at radius 1 is 0.935 bits per heavy atom. The van der Waals surface area contributed by atoms with Gasteiger partial charge in [0.2, 0.25) is 10.0 Å². The Kier molecular flexibility index (Phi) is 6.98. The molecule has 1 amide bonds. The lowest BCUT2D eigenvalue weighted by Gasteiger charge is -2.34. The van der Waals surface area contributed by atoms with Gasteiger partial charge in [-0.1, -0.05) is 17.7 Å². The second-order valence-corrected chi connectivity index (χ2v) is 10.4. The topological polar surface area (TPSA) is 66.9 Å². The van der Waals surface area contributed by atoms with Gasteiger partial charge in [0.1, 0.15) is 5.75 Å². The van der Waals surface area contributed by atoms with Crippen LogP contribution in [0.4, 0.5) is 0 Å². The van der Waals surface area contributed by atoms with Crippen LogP contribution in [0.5, 0.6) is 5.75 Å². The van der Waals surface area contributed by atoms with Crippen LogP contribution >= 0.6 is 11.6 Å². The highest BCUT2D eigenvalue weighted by Crippen LogP contribution is 2.29. The lowest BCUT2D eigenvalue weighted by molar-refractivity contribution is -0.134. The number of hydrogen-bond acceptors (Lipinski definition) is 4. The molecule has 0 saturated carbocycles. The average Bonchev–Trinajstić information content (AvgIpc) is 2.73. The number of amides is 1. The van der Waals surface area contributed by atoms with Gasteiger partial charge >= 0.3 is 0 Å². The smallest absolute Gasteiger partial charge is 0.260 e. The number of hydrogen-bond donors (Lipinski definition) is 0. The fraction of sp³-hybridized carbons (Fsp3) is 0.435. The Balaban J connectivity index is 1.65. The first kappa shape index (κ1) is 23.6. The zero-order chi connectivity index (χ0) is 22.9. The van der Waals surface area contributed by atoms with Crippen LogP contribution in [-0.4, -0.2) is 56.3 Å². The normalized spacial score (nSPS) is 15.2. The summed E-state index contributed by atoms with van der Waals surface area (Å²) >= 11 is 6.01. The van der Waals surface area contributed by atoms with Crippen molar-refractivity contribution in [3.63, 3.8) is 0 Å². The van der Waals surface area contributed by atoms with Crippen LogP contribution in [0, 0.1) is 34.6 Å². The van der Waals surface area contributed by atoms with Crippen LogP contribution in [0.3, 0.4) is 0 Å². The van der Waals surface area contributed by atoms with Crippen LogP contribution in [0.25, 0.3) is 0 Å². The van der Waals surface area contributed by atoms with E-state index in [0.29, 0.717) is 28.8 Å². The maximum atomic E-state index is 13.4. The van der Waals surface area contributed by atoms with E-state index in [1.165, 1.54) is 4.31 Å². The number of rotatable bonds is 5. The molecule has 0 aliphatic carbocycles. The van der Waals surface area contributed by atoms with Gasteiger partial charge in [0, 0.05) is 31.2 Å². The average molecular weight is 465 g/mol. The van der Waals surface area contributed by atoms with E-state index >= 15 is 0 Å². The molecule has 2 aromatic rings. The second kappa shape index (κ2) is 9.18. The lowest BCUT2D eigenvalue weighted by Crippen LogP contribution is -2.51. The quantitative estimate of drug-likeness (QED) is 0.675. The number of halogens is 1. The fourth-order valence-corrected chi connectivity index (χ4v) is 5.93. The molecule has 0 aromatic heterocycles. The number of ether oxygens (including phenoxy) is 1. The minimum Gasteiger partial charge on any atom is -0.484 e. The highest BCUT2D eigenvalue weighted by Gasteiger charge is 2.33. The molecular formula is C23H29ClN2O4S. The van der Waals surface area contributed by atoms with Crippen LogP contribution in [0.1, 0.15) is 27.8 Å². The second-order valence-electron chi connectivity index (χ2n) is 8.07. The van der Waals surface area contributed by atoms with Gasteiger partial charge in [-0.2, -0.15) is 4.31 Å². The summed E-state index contributed by atoms with van der Waals surface area (Å²) in [7, 11) is -3.63. The van der Waals surface area contributed by atoms with Crippen molar-refractivity contribution in [1.82, 2.24) is 9.21 Å². The van der Waals surface area contributed by atoms with Crippen molar-refractivity contribution >= 4 is 27.5 Å². The van der Waals surface area contributed by atoms with Gasteiger partial charge in [-0.15, -0.1) is 0 Å². The maximum absolute atomic E-state index is 13.4. The standard InChI is InChI=1S/C23H29ClN2O4S/c1-15-12-16(2)19(5)23(18(15)4)31(28,29)26-10-8-25(9-11-26)22(27)14-30-20-6-7-21(24)17(3)13-20/h6-7,12-13H,8-11,14H2,1-5H3. The third-order valence-corrected chi connectivity index (χ3v) is 8.58. The van der Waals surface area contributed by atoms with E-state index in [9.17, 15) is 13.2 Å². The molecule has 1 saturated heterocycles. The van der Waals surface area contributed by atoms with Crippen LogP contribution in [0.2, 0.25) is 5.02 Å². The van der Waals surface area contributed by atoms with E-state index in [4.69, 9.17) is 16.3 Å². The van der Waals surface area contributed by atoms with E-state index in [2.05, 4.69) is 0 Å². The Morgan fingerprint density at radius 2 is 1.52 bits per heavy atom. The third-order valence-electron chi connectivity index (χ3n) is 5.98. The summed E-state index contributed by atoms with van der Waals surface area (Å²) in [6, 6.07) is 7.26. The van der Waals surface area contributed by atoms with Crippen molar-refractivity contribution in [3.05, 3.63) is 57.1 Å². The Morgan fingerprint density at radius 3 is 2.06 bits per heavy atom. The molecule has 2 aromatic carbocycles. The first-order valence-corrected chi connectivity index (χ1v) is 12.1. The molecule has 1 aliphatic heterocycles. The minimum absolute atomic E-state index is 0.0941. The molecule has 0 spiro atoms. The summed E-state index contributed by atoms with van der Waals surface area (Å²) < 4.78 is 33.8. The maximum Gasteiger partial charge on any atom is 0.260 e. The number of carbonyl (C=O) groups is 1. The van der Waals surface area contributed by atoms with E-state index in [0.717, 1.165) is 27.8 Å². The Labute approximate surface area is 189 Å². The molecule has 0 unspecified atom stereocenters. The van der Waals surface area contributed by atoms with Crippen LogP contribution in [0.15, 0.2) is 29.2 Å². The number of benzene rings is 2. The molecule has 8 heteroatoms. The van der Waals surface area contributed by atoms with Crippen molar-refractivity contribution in [2.45, 2.75) is 39.5 Å². The monoisotopic (exact) mass is 464 g/mol. The van der Waals surface area contributed by atoms with Gasteiger partial charge in [-0.25, -0.2) is 8.42 Å². The molecule has 3 rings (SSSR count). The Bertz CT molecular complexity index is 1080. The molecule has 0 N–H and O–H groups in total. The SMILES string of the molecule is Cc1cc(OCC(=O)N2CCN(S(=O)(=O)c3c(C)c(C)cc(C)c3C)CC2)ccc1Cl. The summed E-state index contributed by atoms with van der Waals surface area (Å²) in [5, 5.41) is 0.644. The van der Waals surface area contributed by atoms with Crippen molar-refractivity contribution in [2.75, 3.05) is 32.8 Å². The number of nitrogens with zero attached hydrogens (tertiary/aromatic N) is 2. The molecule has 168 valence electrons. The summed E-state index contributed by atoms with van der Waals surface area (Å²) in [4.78, 5) is 14.6. The molecule has 1 heterocycles. The minimum atomic E-state index is -3.63. The summed E-state index contributed by atoms with van der Waals surface area (Å²) in [5.74, 6) is 0.417. The predicted octanol–water partition coefficient (Wildman–Crippen LogP) is 3.79. The highest BCUT2D eigenvalue weighted by molar-refractivity contribution is 7.89. The van der Waals surface area contributed by atoms with E-state index in [-0.39, 0.29) is 25.6 Å². The summed E-state index contributed by atoms with van der Waals surface area (Å²) in [6.07, 6.45) is 0. The highest BCUT2D eigenvalue weighted by atomic mass is 35.5. The number of piperazine rings is 1. The van der Waals surface area contributed by atoms with E-state index in [1.54, 1.807) is 23.1 Å². The summed E-state index contributed by atoms with van der Waals surface area (Å²) in [6.45, 7) is 10.5. The molecule has 31 heavy (non-hydrogen) atoms. The zero-order valence-corrected chi connectivity index (χ0v) is 20.2. The first-order valence-electron chi connectivity index (χ1n) is 10.3. The summed E-state index contributed by atoms with van der Waals surface area (Å²) in [5.41, 5.74) is 4.37. The molecule has 1 aliphatic rings. The van der Waals surface area contributed by atoms with Gasteiger partial charge in [-0.05, 0) is 80.6 Å². The molecule has 1 fully saturated rings. The van der Waals surface area contributed by atoms with E-state index < -0.39 is 10.0 Å². The molecule has 0 radical (unpaired) electrons. The molecule has 0 atom stereocenters. The van der Waals surface area contributed by atoms with Crippen molar-refractivity contribution < 1.29 is 17.9 Å². The van der Waals surface area contributed by atoms with Crippen molar-refractivity contribution in [1.29, 1.82) is 0 Å². The predicted molar refractivity (Wildman–Crippen MR) is 122 cm³/mol. The van der Waals surface area contributed by atoms with Crippen molar-refractivity contribution in [3.8, 4) is 5.75 Å². The van der Waals surface area contributed by atoms with Gasteiger partial charge in [0.05, 0.1) is 4.90 Å². The molecule has 6 nitrogen and oxygen atoms in total. The largest absolute Gasteiger partial charge is 0.484 e. The van der Waals surface area contributed by atoms with Crippen LogP contribution in [-0.2, 0) is 14.8 Å². The number of carbonyl (C=O) groups excluding carboxylic acids is 1. The number of aryl methyl sites for hydroxylation is 3. The van der Waals surface area contributed by atoms with Gasteiger partial charge in [0.15, 0.2) is 6.61 Å². The first-order chi connectivity index (χ1) is 14.5. The number of sulfonamides is 1. The van der Waals surface area contributed by atoms with Gasteiger partial charge in [-0.3, -0.25) is 4.79 Å². The van der Waals surface area contributed by atoms with Crippen LogP contribution < -0.4 is 4.74 Å². The van der Waals surface area contributed by atoms with Gasteiger partial charge < -0.3 is 9.64 Å².